The Hall–Kier alpha value is -1.07. The number of likely N-dealkylation sites (N-methyl/N-ethyl adjacent to an activating group) is 1. The maximum Gasteiger partial charge on any atom is 0.416 e. The zero-order valence-corrected chi connectivity index (χ0v) is 9.56. The van der Waals surface area contributed by atoms with Crippen LogP contribution >= 0.6 is 0 Å². The van der Waals surface area contributed by atoms with E-state index in [4.69, 9.17) is 0 Å². The van der Waals surface area contributed by atoms with Gasteiger partial charge in [-0.3, -0.25) is 0 Å². The van der Waals surface area contributed by atoms with Crippen molar-refractivity contribution >= 4 is 0 Å². The van der Waals surface area contributed by atoms with E-state index in [0.29, 0.717) is 12.0 Å². The molecule has 1 aliphatic heterocycles. The van der Waals surface area contributed by atoms with Gasteiger partial charge in [-0.1, -0.05) is 12.1 Å². The second-order valence-corrected chi connectivity index (χ2v) is 4.28. The molecule has 0 spiro atoms. The highest BCUT2D eigenvalue weighted by Crippen LogP contribution is 2.34. The summed E-state index contributed by atoms with van der Waals surface area (Å²) in [4.78, 5) is 0. The van der Waals surface area contributed by atoms with Gasteiger partial charge in [-0.25, -0.2) is 0 Å². The molecular formula is C12H15F3N2. The zero-order chi connectivity index (χ0) is 12.5. The van der Waals surface area contributed by atoms with Crippen LogP contribution in [0.4, 0.5) is 13.2 Å². The van der Waals surface area contributed by atoms with E-state index in [2.05, 4.69) is 10.6 Å². The van der Waals surface area contributed by atoms with Gasteiger partial charge >= 0.3 is 6.18 Å². The fraction of sp³-hybridized carbons (Fsp3) is 0.500. The third-order valence-electron chi connectivity index (χ3n) is 3.06. The topological polar surface area (TPSA) is 24.1 Å². The number of alkyl halides is 3. The molecule has 0 saturated carbocycles. The molecule has 2 nitrogen and oxygen atoms in total. The summed E-state index contributed by atoms with van der Waals surface area (Å²) < 4.78 is 38.3. The molecule has 0 bridgehead atoms. The molecule has 5 heteroatoms. The average Bonchev–Trinajstić information content (AvgIpc) is 2.27. The molecule has 2 rings (SSSR count). The molecule has 0 fully saturated rings. The first-order valence-corrected chi connectivity index (χ1v) is 5.58. The molecule has 0 amide bonds. The molecule has 1 aliphatic rings. The maximum absolute atomic E-state index is 12.8. The number of fused-ring (bicyclic) bond motifs is 1. The highest BCUT2D eigenvalue weighted by atomic mass is 19.4. The van der Waals surface area contributed by atoms with Crippen LogP contribution in [0.2, 0.25) is 0 Å². The summed E-state index contributed by atoms with van der Waals surface area (Å²) in [6.07, 6.45) is -3.62. The molecule has 1 aromatic carbocycles. The second-order valence-electron chi connectivity index (χ2n) is 4.28. The van der Waals surface area contributed by atoms with Gasteiger partial charge in [0.2, 0.25) is 0 Å². The number of rotatable bonds is 2. The van der Waals surface area contributed by atoms with Gasteiger partial charge in [0.15, 0.2) is 0 Å². The van der Waals surface area contributed by atoms with E-state index in [1.807, 2.05) is 7.05 Å². The number of hydrogen-bond acceptors (Lipinski definition) is 2. The van der Waals surface area contributed by atoms with Gasteiger partial charge in [0.1, 0.15) is 0 Å². The van der Waals surface area contributed by atoms with E-state index in [0.717, 1.165) is 18.2 Å². The van der Waals surface area contributed by atoms with E-state index in [9.17, 15) is 13.2 Å². The molecule has 94 valence electrons. The first-order chi connectivity index (χ1) is 8.02. The summed E-state index contributed by atoms with van der Waals surface area (Å²) in [5, 5.41) is 6.15. The molecule has 2 N–H and O–H groups in total. The van der Waals surface area contributed by atoms with E-state index < -0.39 is 11.7 Å². The van der Waals surface area contributed by atoms with E-state index in [-0.39, 0.29) is 12.6 Å². The molecule has 1 unspecified atom stereocenters. The van der Waals surface area contributed by atoms with Crippen LogP contribution in [-0.4, -0.2) is 19.6 Å². The molecule has 1 aromatic rings. The van der Waals surface area contributed by atoms with Crippen molar-refractivity contribution in [1.82, 2.24) is 10.6 Å². The van der Waals surface area contributed by atoms with Crippen molar-refractivity contribution in [3.63, 3.8) is 0 Å². The monoisotopic (exact) mass is 244 g/mol. The van der Waals surface area contributed by atoms with E-state index in [1.165, 1.54) is 6.07 Å². The minimum Gasteiger partial charge on any atom is -0.318 e. The third-order valence-corrected chi connectivity index (χ3v) is 3.06. The lowest BCUT2D eigenvalue weighted by Crippen LogP contribution is -2.42. The normalized spacial score (nSPS) is 20.1. The molecule has 0 aromatic heterocycles. The highest BCUT2D eigenvalue weighted by Gasteiger charge is 2.35. The largest absolute Gasteiger partial charge is 0.416 e. The van der Waals surface area contributed by atoms with Crippen molar-refractivity contribution in [1.29, 1.82) is 0 Å². The van der Waals surface area contributed by atoms with Crippen LogP contribution < -0.4 is 10.6 Å². The minimum absolute atomic E-state index is 0.205. The predicted octanol–water partition coefficient (Wildman–Crippen LogP) is 1.94. The maximum atomic E-state index is 12.8. The molecule has 0 aliphatic carbocycles. The number of hydrogen-bond donors (Lipinski definition) is 2. The minimum atomic E-state index is -4.26. The summed E-state index contributed by atoms with van der Waals surface area (Å²) in [5.74, 6) is 0. The SMILES string of the molecule is CNCC1Cc2cccc(C(F)(F)F)c2CN1. The summed E-state index contributed by atoms with van der Waals surface area (Å²) in [5.41, 5.74) is 0.691. The Labute approximate surface area is 98.2 Å². The third kappa shape index (κ3) is 2.61. The zero-order valence-electron chi connectivity index (χ0n) is 9.56. The fourth-order valence-corrected chi connectivity index (χ4v) is 2.27. The Balaban J connectivity index is 2.29. The predicted molar refractivity (Wildman–Crippen MR) is 59.7 cm³/mol. The van der Waals surface area contributed by atoms with Crippen LogP contribution in [-0.2, 0) is 19.1 Å². The van der Waals surface area contributed by atoms with Gasteiger partial charge in [0, 0.05) is 19.1 Å². The number of halogens is 3. The first kappa shape index (κ1) is 12.4. The lowest BCUT2D eigenvalue weighted by Gasteiger charge is -2.28. The van der Waals surface area contributed by atoms with Gasteiger partial charge in [-0.15, -0.1) is 0 Å². The van der Waals surface area contributed by atoms with Gasteiger partial charge in [-0.05, 0) is 30.7 Å². The number of nitrogens with one attached hydrogen (secondary N) is 2. The van der Waals surface area contributed by atoms with Crippen molar-refractivity contribution in [3.8, 4) is 0 Å². The van der Waals surface area contributed by atoms with Crippen molar-refractivity contribution in [3.05, 3.63) is 34.9 Å². The van der Waals surface area contributed by atoms with Gasteiger partial charge < -0.3 is 10.6 Å². The fourth-order valence-electron chi connectivity index (χ4n) is 2.27. The standard InChI is InChI=1S/C12H15F3N2/c1-16-6-9-5-8-3-2-4-11(12(13,14)15)10(8)7-17-9/h2-4,9,16-17H,5-7H2,1H3. The quantitative estimate of drug-likeness (QED) is 0.830. The summed E-state index contributed by atoms with van der Waals surface area (Å²) in [6.45, 7) is 1.05. The van der Waals surface area contributed by atoms with Crippen molar-refractivity contribution in [2.24, 2.45) is 0 Å². The molecule has 0 radical (unpaired) electrons. The average molecular weight is 244 g/mol. The summed E-state index contributed by atoms with van der Waals surface area (Å²) >= 11 is 0. The molecular weight excluding hydrogens is 229 g/mol. The van der Waals surface area contributed by atoms with Crippen LogP contribution in [0.15, 0.2) is 18.2 Å². The molecule has 0 saturated heterocycles. The van der Waals surface area contributed by atoms with Crippen LogP contribution in [0.3, 0.4) is 0 Å². The van der Waals surface area contributed by atoms with Crippen molar-refractivity contribution in [2.75, 3.05) is 13.6 Å². The Morgan fingerprint density at radius 2 is 2.18 bits per heavy atom. The van der Waals surface area contributed by atoms with Crippen LogP contribution in [0.5, 0.6) is 0 Å². The van der Waals surface area contributed by atoms with E-state index >= 15 is 0 Å². The van der Waals surface area contributed by atoms with Gasteiger partial charge in [0.25, 0.3) is 0 Å². The van der Waals surface area contributed by atoms with Gasteiger partial charge in [0.05, 0.1) is 5.56 Å². The first-order valence-electron chi connectivity index (χ1n) is 5.58. The second kappa shape index (κ2) is 4.66. The molecule has 1 atom stereocenters. The number of benzene rings is 1. The summed E-state index contributed by atoms with van der Waals surface area (Å²) in [6, 6.07) is 4.63. The molecule has 17 heavy (non-hydrogen) atoms. The smallest absolute Gasteiger partial charge is 0.318 e. The Kier molecular flexibility index (Phi) is 3.40. The lowest BCUT2D eigenvalue weighted by atomic mass is 9.92. The lowest BCUT2D eigenvalue weighted by molar-refractivity contribution is -0.138. The van der Waals surface area contributed by atoms with Gasteiger partial charge in [-0.2, -0.15) is 13.2 Å². The van der Waals surface area contributed by atoms with Crippen LogP contribution in [0.25, 0.3) is 0 Å². The van der Waals surface area contributed by atoms with Crippen LogP contribution in [0, 0.1) is 0 Å². The Morgan fingerprint density at radius 1 is 1.41 bits per heavy atom. The van der Waals surface area contributed by atoms with E-state index in [1.54, 1.807) is 6.07 Å². The Morgan fingerprint density at radius 3 is 2.82 bits per heavy atom. The highest BCUT2D eigenvalue weighted by molar-refractivity contribution is 5.39. The summed E-state index contributed by atoms with van der Waals surface area (Å²) in [7, 11) is 1.84. The van der Waals surface area contributed by atoms with Crippen LogP contribution in [0.1, 0.15) is 16.7 Å². The Bertz CT molecular complexity index is 401. The van der Waals surface area contributed by atoms with Crippen molar-refractivity contribution in [2.45, 2.75) is 25.2 Å². The van der Waals surface area contributed by atoms with Crippen molar-refractivity contribution < 1.29 is 13.2 Å². The molecule has 1 heterocycles.